The number of rotatable bonds is 2. The molecular weight excluding hydrogens is 234 g/mol. The van der Waals surface area contributed by atoms with Gasteiger partial charge in [-0.15, -0.1) is 0 Å². The van der Waals surface area contributed by atoms with Crippen LogP contribution in [0.1, 0.15) is 69.5 Å². The summed E-state index contributed by atoms with van der Waals surface area (Å²) in [6.45, 7) is 4.48. The quantitative estimate of drug-likeness (QED) is 0.853. The van der Waals surface area contributed by atoms with Crippen molar-refractivity contribution in [1.29, 1.82) is 0 Å². The van der Waals surface area contributed by atoms with Crippen molar-refractivity contribution in [2.24, 2.45) is 17.8 Å². The van der Waals surface area contributed by atoms with Crippen LogP contribution in [0, 0.1) is 17.8 Å². The molecule has 0 radical (unpaired) electrons. The second kappa shape index (κ2) is 3.77. The summed E-state index contributed by atoms with van der Waals surface area (Å²) in [5.41, 5.74) is 9.22. The highest BCUT2D eigenvalue weighted by Crippen LogP contribution is 2.61. The Morgan fingerprint density at radius 2 is 1.63 bits per heavy atom. The van der Waals surface area contributed by atoms with Crippen molar-refractivity contribution < 1.29 is 0 Å². The SMILES string of the molecule is CC(C)c1c(N)n[nH]c1C12CC3CC(CC(C3)C1)C2. The van der Waals surface area contributed by atoms with Gasteiger partial charge in [0.1, 0.15) is 5.82 Å². The summed E-state index contributed by atoms with van der Waals surface area (Å²) in [5, 5.41) is 7.69. The zero-order valence-corrected chi connectivity index (χ0v) is 12.1. The molecule has 5 rings (SSSR count). The van der Waals surface area contributed by atoms with Crippen LogP contribution < -0.4 is 5.73 Å². The van der Waals surface area contributed by atoms with Gasteiger partial charge in [0, 0.05) is 16.7 Å². The maximum absolute atomic E-state index is 6.12. The van der Waals surface area contributed by atoms with Crippen molar-refractivity contribution >= 4 is 5.82 Å². The number of hydrogen-bond donors (Lipinski definition) is 2. The lowest BCUT2D eigenvalue weighted by atomic mass is 9.48. The second-order valence-electron chi connectivity index (χ2n) is 7.75. The lowest BCUT2D eigenvalue weighted by Crippen LogP contribution is -2.49. The Morgan fingerprint density at radius 1 is 1.11 bits per heavy atom. The normalized spacial score (nSPS) is 40.3. The summed E-state index contributed by atoms with van der Waals surface area (Å²) in [4.78, 5) is 0. The van der Waals surface area contributed by atoms with Gasteiger partial charge < -0.3 is 5.73 Å². The van der Waals surface area contributed by atoms with Crippen molar-refractivity contribution in [3.05, 3.63) is 11.3 Å². The number of aromatic amines is 1. The summed E-state index contributed by atoms with van der Waals surface area (Å²) in [6.07, 6.45) is 8.58. The van der Waals surface area contributed by atoms with Gasteiger partial charge in [-0.25, -0.2) is 0 Å². The number of H-pyrrole nitrogens is 1. The van der Waals surface area contributed by atoms with Gasteiger partial charge in [0.25, 0.3) is 0 Å². The fourth-order valence-electron chi connectivity index (χ4n) is 5.77. The predicted molar refractivity (Wildman–Crippen MR) is 76.9 cm³/mol. The standard InChI is InChI=1S/C16H25N3/c1-9(2)13-14(18-19-15(13)17)16-6-10-3-11(7-16)5-12(4-10)8-16/h9-12H,3-8H2,1-2H3,(H3,17,18,19). The summed E-state index contributed by atoms with van der Waals surface area (Å²) < 4.78 is 0. The molecule has 0 amide bonds. The minimum Gasteiger partial charge on any atom is -0.382 e. The lowest BCUT2D eigenvalue weighted by Gasteiger charge is -2.56. The summed E-state index contributed by atoms with van der Waals surface area (Å²) in [7, 11) is 0. The van der Waals surface area contributed by atoms with E-state index in [0.717, 1.165) is 23.6 Å². The predicted octanol–water partition coefficient (Wildman–Crippen LogP) is 3.58. The van der Waals surface area contributed by atoms with Gasteiger partial charge in [-0.05, 0) is 62.2 Å². The highest BCUT2D eigenvalue weighted by molar-refractivity contribution is 5.47. The van der Waals surface area contributed by atoms with E-state index < -0.39 is 0 Å². The maximum atomic E-state index is 6.12. The van der Waals surface area contributed by atoms with E-state index in [1.165, 1.54) is 49.8 Å². The lowest BCUT2D eigenvalue weighted by molar-refractivity contribution is -0.00769. The van der Waals surface area contributed by atoms with E-state index in [1.807, 2.05) is 0 Å². The Kier molecular flexibility index (Phi) is 2.34. The molecule has 1 aromatic rings. The number of aromatic nitrogens is 2. The molecule has 3 N–H and O–H groups in total. The molecule has 4 fully saturated rings. The molecule has 4 saturated carbocycles. The zero-order chi connectivity index (χ0) is 13.2. The molecule has 0 saturated heterocycles. The monoisotopic (exact) mass is 259 g/mol. The molecule has 4 bridgehead atoms. The van der Waals surface area contributed by atoms with Crippen molar-refractivity contribution in [3.63, 3.8) is 0 Å². The van der Waals surface area contributed by atoms with E-state index in [9.17, 15) is 0 Å². The first-order valence-corrected chi connectivity index (χ1v) is 7.91. The first kappa shape index (κ1) is 11.8. The number of nitrogens with one attached hydrogen (secondary N) is 1. The van der Waals surface area contributed by atoms with E-state index in [1.54, 1.807) is 0 Å². The molecule has 0 atom stereocenters. The second-order valence-corrected chi connectivity index (χ2v) is 7.75. The van der Waals surface area contributed by atoms with Gasteiger partial charge in [-0.1, -0.05) is 13.8 Å². The number of nitrogens with zero attached hydrogens (tertiary/aromatic N) is 1. The Labute approximate surface area is 115 Å². The molecule has 0 spiro atoms. The average Bonchev–Trinajstić information content (AvgIpc) is 2.70. The molecular formula is C16H25N3. The molecule has 0 unspecified atom stereocenters. The molecule has 1 heterocycles. The van der Waals surface area contributed by atoms with Gasteiger partial charge in [0.15, 0.2) is 0 Å². The van der Waals surface area contributed by atoms with Crippen molar-refractivity contribution in [3.8, 4) is 0 Å². The highest BCUT2D eigenvalue weighted by Gasteiger charge is 2.53. The molecule has 0 aliphatic heterocycles. The topological polar surface area (TPSA) is 54.7 Å². The number of hydrogen-bond acceptors (Lipinski definition) is 2. The van der Waals surface area contributed by atoms with Gasteiger partial charge in [0.05, 0.1) is 0 Å². The van der Waals surface area contributed by atoms with Crippen LogP contribution in [-0.2, 0) is 5.41 Å². The Balaban J connectivity index is 1.80. The molecule has 104 valence electrons. The minimum atomic E-state index is 0.388. The van der Waals surface area contributed by atoms with Crippen LogP contribution in [0.4, 0.5) is 5.82 Å². The van der Waals surface area contributed by atoms with Crippen molar-refractivity contribution in [2.75, 3.05) is 5.73 Å². The first-order valence-electron chi connectivity index (χ1n) is 7.91. The number of nitrogens with two attached hydrogens (primary N) is 1. The molecule has 4 aliphatic rings. The Hall–Kier alpha value is -0.990. The van der Waals surface area contributed by atoms with E-state index in [4.69, 9.17) is 5.73 Å². The first-order chi connectivity index (χ1) is 9.07. The molecule has 3 heteroatoms. The van der Waals surface area contributed by atoms with Crippen LogP contribution in [0.15, 0.2) is 0 Å². The van der Waals surface area contributed by atoms with Crippen LogP contribution in [0.2, 0.25) is 0 Å². The van der Waals surface area contributed by atoms with Crippen LogP contribution in [0.5, 0.6) is 0 Å². The summed E-state index contributed by atoms with van der Waals surface area (Å²) >= 11 is 0. The third-order valence-electron chi connectivity index (χ3n) is 5.98. The van der Waals surface area contributed by atoms with Gasteiger partial charge in [-0.2, -0.15) is 5.10 Å². The van der Waals surface area contributed by atoms with Gasteiger partial charge in [0.2, 0.25) is 0 Å². The maximum Gasteiger partial charge on any atom is 0.148 e. The van der Waals surface area contributed by atoms with Crippen molar-refractivity contribution in [1.82, 2.24) is 10.2 Å². The van der Waals surface area contributed by atoms with Crippen LogP contribution >= 0.6 is 0 Å². The highest BCUT2D eigenvalue weighted by atomic mass is 15.2. The fourth-order valence-corrected chi connectivity index (χ4v) is 5.77. The summed E-state index contributed by atoms with van der Waals surface area (Å²) in [6, 6.07) is 0. The van der Waals surface area contributed by atoms with Crippen LogP contribution in [-0.4, -0.2) is 10.2 Å². The van der Waals surface area contributed by atoms with E-state index in [0.29, 0.717) is 11.3 Å². The van der Waals surface area contributed by atoms with Crippen LogP contribution in [0.3, 0.4) is 0 Å². The minimum absolute atomic E-state index is 0.388. The van der Waals surface area contributed by atoms with Crippen LogP contribution in [0.25, 0.3) is 0 Å². The molecule has 4 aliphatic carbocycles. The molecule has 1 aromatic heterocycles. The van der Waals surface area contributed by atoms with E-state index in [-0.39, 0.29) is 0 Å². The fraction of sp³-hybridized carbons (Fsp3) is 0.812. The van der Waals surface area contributed by atoms with Gasteiger partial charge >= 0.3 is 0 Å². The molecule has 0 aromatic carbocycles. The molecule has 3 nitrogen and oxygen atoms in total. The zero-order valence-electron chi connectivity index (χ0n) is 12.1. The van der Waals surface area contributed by atoms with Gasteiger partial charge in [-0.3, -0.25) is 5.10 Å². The third-order valence-corrected chi connectivity index (χ3v) is 5.98. The molecule has 19 heavy (non-hydrogen) atoms. The largest absolute Gasteiger partial charge is 0.382 e. The van der Waals surface area contributed by atoms with E-state index in [2.05, 4.69) is 24.0 Å². The Bertz CT molecular complexity index is 465. The summed E-state index contributed by atoms with van der Waals surface area (Å²) in [5.74, 6) is 4.12. The average molecular weight is 259 g/mol. The van der Waals surface area contributed by atoms with E-state index >= 15 is 0 Å². The van der Waals surface area contributed by atoms with Crippen molar-refractivity contribution in [2.45, 2.75) is 63.7 Å². The number of nitrogen functional groups attached to an aromatic ring is 1. The smallest absolute Gasteiger partial charge is 0.148 e. The Morgan fingerprint density at radius 3 is 2.11 bits per heavy atom. The third kappa shape index (κ3) is 1.60. The number of anilines is 1.